The summed E-state index contributed by atoms with van der Waals surface area (Å²) in [4.78, 5) is 4.10. The maximum absolute atomic E-state index is 4.10. The summed E-state index contributed by atoms with van der Waals surface area (Å²) in [5.74, 6) is 0.767. The first-order valence-electron chi connectivity index (χ1n) is 4.78. The van der Waals surface area contributed by atoms with Crippen molar-refractivity contribution in [2.75, 3.05) is 0 Å². The number of hydrogen-bond acceptors (Lipinski definition) is 1. The highest BCUT2D eigenvalue weighted by Crippen LogP contribution is 2.31. The zero-order chi connectivity index (χ0) is 8.23. The van der Waals surface area contributed by atoms with Crippen molar-refractivity contribution in [2.45, 2.75) is 38.0 Å². The molecule has 1 aliphatic rings. The number of aromatic nitrogens is 1. The van der Waals surface area contributed by atoms with Gasteiger partial charge in [-0.1, -0.05) is 19.3 Å². The second-order valence-corrected chi connectivity index (χ2v) is 3.55. The van der Waals surface area contributed by atoms with E-state index in [1.807, 2.05) is 6.20 Å². The van der Waals surface area contributed by atoms with Crippen LogP contribution in [0.3, 0.4) is 0 Å². The highest BCUT2D eigenvalue weighted by Gasteiger charge is 2.14. The van der Waals surface area contributed by atoms with Gasteiger partial charge in [0, 0.05) is 18.5 Å². The lowest BCUT2D eigenvalue weighted by Gasteiger charge is -2.21. The first kappa shape index (κ1) is 7.78. The van der Waals surface area contributed by atoms with E-state index in [0.29, 0.717) is 0 Å². The van der Waals surface area contributed by atoms with Crippen LogP contribution in [0.5, 0.6) is 0 Å². The summed E-state index contributed by atoms with van der Waals surface area (Å²) in [5, 5.41) is 0. The molecule has 0 amide bonds. The Balaban J connectivity index is 2.08. The van der Waals surface area contributed by atoms with Crippen LogP contribution < -0.4 is 0 Å². The smallest absolute Gasteiger partial charge is 0.0347 e. The summed E-state index contributed by atoms with van der Waals surface area (Å²) in [5.41, 5.74) is 1.39. The van der Waals surface area contributed by atoms with Crippen molar-refractivity contribution in [1.29, 1.82) is 0 Å². The van der Waals surface area contributed by atoms with Gasteiger partial charge in [-0.3, -0.25) is 4.98 Å². The lowest BCUT2D eigenvalue weighted by molar-refractivity contribution is 0.443. The second kappa shape index (κ2) is 3.70. The highest BCUT2D eigenvalue weighted by atomic mass is 14.6. The van der Waals surface area contributed by atoms with Gasteiger partial charge in [0.25, 0.3) is 0 Å². The monoisotopic (exact) mass is 160 g/mol. The average molecular weight is 160 g/mol. The first-order chi connectivity index (χ1) is 5.97. The van der Waals surface area contributed by atoms with Gasteiger partial charge in [0.05, 0.1) is 0 Å². The fraction of sp³-hybridized carbons (Fsp3) is 0.545. The molecule has 1 aliphatic carbocycles. The highest BCUT2D eigenvalue weighted by molar-refractivity contribution is 5.14. The Kier molecular flexibility index (Phi) is 2.40. The molecule has 0 bridgehead atoms. The van der Waals surface area contributed by atoms with E-state index in [1.165, 1.54) is 37.7 Å². The van der Waals surface area contributed by atoms with Gasteiger partial charge in [0.15, 0.2) is 0 Å². The third-order valence-electron chi connectivity index (χ3n) is 2.70. The Morgan fingerprint density at radius 1 is 1.25 bits per heavy atom. The molecule has 0 N–H and O–H groups in total. The molecule has 1 nitrogen and oxygen atoms in total. The maximum Gasteiger partial charge on any atom is 0.0347 e. The quantitative estimate of drug-likeness (QED) is 0.615. The van der Waals surface area contributed by atoms with Crippen molar-refractivity contribution < 1.29 is 0 Å². The number of pyridine rings is 1. The number of nitrogens with zero attached hydrogens (tertiary/aromatic N) is 1. The Hall–Kier alpha value is -0.850. The van der Waals surface area contributed by atoms with Gasteiger partial charge in [-0.05, 0) is 30.4 Å². The number of hydrogen-bond donors (Lipinski definition) is 0. The average Bonchev–Trinajstić information content (AvgIpc) is 2.21. The second-order valence-electron chi connectivity index (χ2n) is 3.55. The van der Waals surface area contributed by atoms with Crippen molar-refractivity contribution in [3.8, 4) is 0 Å². The van der Waals surface area contributed by atoms with Crippen LogP contribution in [0.4, 0.5) is 0 Å². The molecule has 0 spiro atoms. The van der Waals surface area contributed by atoms with E-state index in [0.717, 1.165) is 5.92 Å². The van der Waals surface area contributed by atoms with Crippen LogP contribution in [0.2, 0.25) is 0 Å². The fourth-order valence-corrected chi connectivity index (χ4v) is 2.00. The molecule has 1 saturated carbocycles. The van der Waals surface area contributed by atoms with Gasteiger partial charge in [-0.15, -0.1) is 0 Å². The topological polar surface area (TPSA) is 12.9 Å². The summed E-state index contributed by atoms with van der Waals surface area (Å²) in [6.07, 6.45) is 10.6. The maximum atomic E-state index is 4.10. The Morgan fingerprint density at radius 3 is 2.75 bits per heavy atom. The molecule has 0 saturated heterocycles. The van der Waals surface area contributed by atoms with E-state index in [2.05, 4.69) is 17.1 Å². The standard InChI is InChI=1S/C11H14N/c1-2-5-10(6-3-1)11-7-4-8-12-9-11/h7-10H,1-3,5-6H2. The molecule has 63 valence electrons. The SMILES string of the molecule is [c]1cncc(C2CCCCC2)c1. The molecule has 1 heterocycles. The molecule has 12 heavy (non-hydrogen) atoms. The van der Waals surface area contributed by atoms with Crippen molar-refractivity contribution in [1.82, 2.24) is 4.98 Å². The molecule has 2 rings (SSSR count). The minimum Gasteiger partial charge on any atom is -0.264 e. The summed E-state index contributed by atoms with van der Waals surface area (Å²) in [6.45, 7) is 0. The lowest BCUT2D eigenvalue weighted by Crippen LogP contribution is -2.04. The van der Waals surface area contributed by atoms with E-state index in [1.54, 1.807) is 6.20 Å². The zero-order valence-electron chi connectivity index (χ0n) is 7.29. The molecular weight excluding hydrogens is 146 g/mol. The van der Waals surface area contributed by atoms with Crippen LogP contribution >= 0.6 is 0 Å². The molecule has 0 unspecified atom stereocenters. The summed E-state index contributed by atoms with van der Waals surface area (Å²) in [7, 11) is 0. The Labute approximate surface area is 73.8 Å². The van der Waals surface area contributed by atoms with Crippen molar-refractivity contribution in [3.63, 3.8) is 0 Å². The molecule has 0 atom stereocenters. The van der Waals surface area contributed by atoms with E-state index in [-0.39, 0.29) is 0 Å². The molecule has 1 aromatic heterocycles. The molecular formula is C11H14N. The molecule has 1 aromatic rings. The molecule has 0 aliphatic heterocycles. The van der Waals surface area contributed by atoms with Crippen LogP contribution in [-0.2, 0) is 0 Å². The van der Waals surface area contributed by atoms with Crippen LogP contribution in [0, 0.1) is 6.07 Å². The van der Waals surface area contributed by atoms with Gasteiger partial charge >= 0.3 is 0 Å². The summed E-state index contributed by atoms with van der Waals surface area (Å²) < 4.78 is 0. The third-order valence-corrected chi connectivity index (χ3v) is 2.70. The van der Waals surface area contributed by atoms with Gasteiger partial charge in [0.2, 0.25) is 0 Å². The van der Waals surface area contributed by atoms with Gasteiger partial charge in [-0.25, -0.2) is 0 Å². The van der Waals surface area contributed by atoms with Gasteiger partial charge in [-0.2, -0.15) is 0 Å². The van der Waals surface area contributed by atoms with E-state index in [9.17, 15) is 0 Å². The Morgan fingerprint density at radius 2 is 2.08 bits per heavy atom. The number of rotatable bonds is 1. The van der Waals surface area contributed by atoms with Crippen molar-refractivity contribution in [2.24, 2.45) is 0 Å². The predicted octanol–water partition coefficient (Wildman–Crippen LogP) is 2.93. The van der Waals surface area contributed by atoms with Gasteiger partial charge < -0.3 is 0 Å². The predicted molar refractivity (Wildman–Crippen MR) is 48.9 cm³/mol. The van der Waals surface area contributed by atoms with Crippen LogP contribution in [0.1, 0.15) is 43.6 Å². The van der Waals surface area contributed by atoms with Crippen LogP contribution in [0.25, 0.3) is 0 Å². The minimum absolute atomic E-state index is 0.767. The molecule has 1 fully saturated rings. The van der Waals surface area contributed by atoms with Crippen molar-refractivity contribution >= 4 is 0 Å². The fourth-order valence-electron chi connectivity index (χ4n) is 2.00. The molecule has 1 heteroatoms. The van der Waals surface area contributed by atoms with E-state index < -0.39 is 0 Å². The minimum atomic E-state index is 0.767. The van der Waals surface area contributed by atoms with E-state index >= 15 is 0 Å². The van der Waals surface area contributed by atoms with Crippen LogP contribution in [-0.4, -0.2) is 4.98 Å². The zero-order valence-corrected chi connectivity index (χ0v) is 7.29. The molecule has 0 aromatic carbocycles. The first-order valence-corrected chi connectivity index (χ1v) is 4.78. The summed E-state index contributed by atoms with van der Waals surface area (Å²) >= 11 is 0. The summed E-state index contributed by atoms with van der Waals surface area (Å²) in [6, 6.07) is 5.13. The molecule has 1 radical (unpaired) electrons. The Bertz CT molecular complexity index is 224. The van der Waals surface area contributed by atoms with Crippen LogP contribution in [0.15, 0.2) is 18.5 Å². The van der Waals surface area contributed by atoms with Gasteiger partial charge in [0.1, 0.15) is 0 Å². The normalized spacial score (nSPS) is 19.3. The van der Waals surface area contributed by atoms with E-state index in [4.69, 9.17) is 0 Å². The largest absolute Gasteiger partial charge is 0.264 e. The van der Waals surface area contributed by atoms with Crippen molar-refractivity contribution in [3.05, 3.63) is 30.1 Å². The lowest BCUT2D eigenvalue weighted by atomic mass is 9.85. The third kappa shape index (κ3) is 1.66.